The van der Waals surface area contributed by atoms with Gasteiger partial charge in [-0.05, 0) is 24.6 Å². The van der Waals surface area contributed by atoms with Crippen molar-refractivity contribution in [2.75, 3.05) is 0 Å². The van der Waals surface area contributed by atoms with Crippen LogP contribution in [0.15, 0.2) is 34.9 Å². The molecule has 0 bridgehead atoms. The van der Waals surface area contributed by atoms with E-state index < -0.39 is 0 Å². The summed E-state index contributed by atoms with van der Waals surface area (Å²) in [4.78, 5) is 0. The Labute approximate surface area is 60.7 Å². The molecule has 0 amide bonds. The van der Waals surface area contributed by atoms with Gasteiger partial charge in [0.05, 0.1) is 7.63 Å². The molecule has 0 spiro atoms. The number of furan rings is 1. The summed E-state index contributed by atoms with van der Waals surface area (Å²) in [6.07, 6.45) is 1.62. The normalized spacial score (nSPS) is 11.9. The minimum Gasteiger partial charge on any atom is -0.464 e. The topological polar surface area (TPSA) is 13.1 Å². The SMILES string of the molecule is [2H]c1ccc(C)c2ccoc12. The molecule has 0 fully saturated rings. The van der Waals surface area contributed by atoms with Gasteiger partial charge < -0.3 is 4.42 Å². The number of fused-ring (bicyclic) bond motifs is 1. The van der Waals surface area contributed by atoms with Crippen LogP contribution in [0.5, 0.6) is 0 Å². The van der Waals surface area contributed by atoms with Gasteiger partial charge in [0.25, 0.3) is 0 Å². The number of benzene rings is 1. The van der Waals surface area contributed by atoms with E-state index in [2.05, 4.69) is 0 Å². The van der Waals surface area contributed by atoms with Gasteiger partial charge in [0, 0.05) is 5.39 Å². The Kier molecular flexibility index (Phi) is 0.853. The lowest BCUT2D eigenvalue weighted by Gasteiger charge is -1.90. The summed E-state index contributed by atoms with van der Waals surface area (Å²) in [6.45, 7) is 2.01. The summed E-state index contributed by atoms with van der Waals surface area (Å²) in [5.74, 6) is 0. The Morgan fingerprint density at radius 2 is 2.40 bits per heavy atom. The van der Waals surface area contributed by atoms with Crippen LogP contribution in [0, 0.1) is 6.92 Å². The van der Waals surface area contributed by atoms with E-state index >= 15 is 0 Å². The quantitative estimate of drug-likeness (QED) is 0.538. The van der Waals surface area contributed by atoms with Gasteiger partial charge in [-0.15, -0.1) is 0 Å². The second kappa shape index (κ2) is 1.87. The average molecular weight is 133 g/mol. The summed E-state index contributed by atoms with van der Waals surface area (Å²) in [7, 11) is 0. The smallest absolute Gasteiger partial charge is 0.134 e. The van der Waals surface area contributed by atoms with Gasteiger partial charge in [-0.2, -0.15) is 0 Å². The van der Waals surface area contributed by atoms with Gasteiger partial charge in [-0.3, -0.25) is 0 Å². The fraction of sp³-hybridized carbons (Fsp3) is 0.111. The van der Waals surface area contributed by atoms with Gasteiger partial charge in [0.1, 0.15) is 5.58 Å². The van der Waals surface area contributed by atoms with E-state index in [4.69, 9.17) is 5.79 Å². The highest BCUT2D eigenvalue weighted by Gasteiger charge is 1.96. The average Bonchev–Trinajstić information content (AvgIpc) is 2.45. The maximum atomic E-state index is 7.48. The van der Waals surface area contributed by atoms with Crippen LogP contribution in [0.2, 0.25) is 0 Å². The third-order valence-electron chi connectivity index (χ3n) is 1.64. The van der Waals surface area contributed by atoms with E-state index in [1.807, 2.05) is 19.1 Å². The van der Waals surface area contributed by atoms with Crippen molar-refractivity contribution < 1.29 is 5.79 Å². The first kappa shape index (κ1) is 4.56. The van der Waals surface area contributed by atoms with Crippen LogP contribution in [-0.4, -0.2) is 0 Å². The van der Waals surface area contributed by atoms with Crippen LogP contribution in [0.25, 0.3) is 11.0 Å². The van der Waals surface area contributed by atoms with Crippen molar-refractivity contribution in [1.82, 2.24) is 0 Å². The summed E-state index contributed by atoms with van der Waals surface area (Å²) >= 11 is 0. The fourth-order valence-electron chi connectivity index (χ4n) is 1.06. The fourth-order valence-corrected chi connectivity index (χ4v) is 1.06. The molecule has 1 heterocycles. The lowest BCUT2D eigenvalue weighted by Crippen LogP contribution is -1.69. The van der Waals surface area contributed by atoms with E-state index in [9.17, 15) is 0 Å². The molecule has 1 aromatic heterocycles. The third-order valence-corrected chi connectivity index (χ3v) is 1.64. The highest BCUT2D eigenvalue weighted by Crippen LogP contribution is 2.18. The second-order valence-electron chi connectivity index (χ2n) is 2.32. The highest BCUT2D eigenvalue weighted by molar-refractivity contribution is 5.80. The summed E-state index contributed by atoms with van der Waals surface area (Å²) in [5.41, 5.74) is 1.84. The van der Waals surface area contributed by atoms with E-state index in [0.29, 0.717) is 11.6 Å². The summed E-state index contributed by atoms with van der Waals surface area (Å²) in [5, 5.41) is 1.04. The van der Waals surface area contributed by atoms with Gasteiger partial charge >= 0.3 is 0 Å². The van der Waals surface area contributed by atoms with Gasteiger partial charge in [0.15, 0.2) is 0 Å². The van der Waals surface area contributed by atoms with Gasteiger partial charge in [-0.1, -0.05) is 12.1 Å². The molecule has 0 aliphatic rings. The Balaban J connectivity index is 2.96. The molecule has 2 aromatic rings. The molecular weight excluding hydrogens is 124 g/mol. The molecular formula is C9H8O. The maximum absolute atomic E-state index is 7.48. The Hall–Kier alpha value is -1.24. The molecule has 1 nitrogen and oxygen atoms in total. The number of aryl methyl sites for hydroxylation is 1. The predicted octanol–water partition coefficient (Wildman–Crippen LogP) is 2.74. The molecule has 0 saturated heterocycles. The van der Waals surface area contributed by atoms with Crippen LogP contribution < -0.4 is 0 Å². The summed E-state index contributed by atoms with van der Waals surface area (Å²) in [6, 6.07) is 6.03. The van der Waals surface area contributed by atoms with Crippen LogP contribution >= 0.6 is 0 Å². The lowest BCUT2D eigenvalue weighted by atomic mass is 10.1. The van der Waals surface area contributed by atoms with Gasteiger partial charge in [-0.25, -0.2) is 0 Å². The van der Waals surface area contributed by atoms with Crippen LogP contribution in [0.4, 0.5) is 0 Å². The molecule has 1 aromatic carbocycles. The molecule has 50 valence electrons. The van der Waals surface area contributed by atoms with Crippen molar-refractivity contribution in [3.8, 4) is 0 Å². The molecule has 0 saturated carbocycles. The van der Waals surface area contributed by atoms with Crippen molar-refractivity contribution in [1.29, 1.82) is 0 Å². The van der Waals surface area contributed by atoms with Crippen LogP contribution in [0.3, 0.4) is 0 Å². The lowest BCUT2D eigenvalue weighted by molar-refractivity contribution is 0.616. The maximum Gasteiger partial charge on any atom is 0.134 e. The summed E-state index contributed by atoms with van der Waals surface area (Å²) < 4.78 is 12.6. The Morgan fingerprint density at radius 1 is 1.50 bits per heavy atom. The number of hydrogen-bond donors (Lipinski definition) is 0. The largest absolute Gasteiger partial charge is 0.464 e. The molecule has 0 aliphatic carbocycles. The van der Waals surface area contributed by atoms with Crippen molar-refractivity contribution in [2.24, 2.45) is 0 Å². The van der Waals surface area contributed by atoms with Crippen molar-refractivity contribution >= 4 is 11.0 Å². The van der Waals surface area contributed by atoms with E-state index in [1.54, 1.807) is 12.3 Å². The molecule has 0 N–H and O–H groups in total. The Bertz CT molecular complexity index is 353. The zero-order chi connectivity index (χ0) is 7.84. The monoisotopic (exact) mass is 133 g/mol. The number of rotatable bonds is 0. The first-order chi connectivity index (χ1) is 5.29. The zero-order valence-corrected chi connectivity index (χ0v) is 5.72. The van der Waals surface area contributed by atoms with Crippen LogP contribution in [0.1, 0.15) is 6.93 Å². The van der Waals surface area contributed by atoms with Crippen molar-refractivity contribution in [3.63, 3.8) is 0 Å². The predicted molar refractivity (Wildman–Crippen MR) is 41.0 cm³/mol. The van der Waals surface area contributed by atoms with E-state index in [0.717, 1.165) is 10.9 Å². The molecule has 0 aliphatic heterocycles. The molecule has 0 atom stereocenters. The first-order valence-corrected chi connectivity index (χ1v) is 3.22. The second-order valence-corrected chi connectivity index (χ2v) is 2.32. The van der Waals surface area contributed by atoms with E-state index in [-0.39, 0.29) is 0 Å². The van der Waals surface area contributed by atoms with Crippen molar-refractivity contribution in [2.45, 2.75) is 6.92 Å². The molecule has 1 heteroatoms. The van der Waals surface area contributed by atoms with Crippen LogP contribution in [-0.2, 0) is 0 Å². The number of hydrogen-bond acceptors (Lipinski definition) is 1. The zero-order valence-electron chi connectivity index (χ0n) is 6.72. The molecule has 10 heavy (non-hydrogen) atoms. The standard InChI is InChI=1S/C9H8O/c1-7-3-2-4-9-8(7)5-6-10-9/h2-6H,1H3/i4D. The highest BCUT2D eigenvalue weighted by atomic mass is 16.3. The molecule has 0 unspecified atom stereocenters. The molecule has 2 rings (SSSR count). The van der Waals surface area contributed by atoms with E-state index in [1.165, 1.54) is 0 Å². The minimum absolute atomic E-state index is 0.454. The van der Waals surface area contributed by atoms with Gasteiger partial charge in [0.2, 0.25) is 0 Å². The molecule has 0 radical (unpaired) electrons. The van der Waals surface area contributed by atoms with Crippen molar-refractivity contribution in [3.05, 3.63) is 36.1 Å². The first-order valence-electron chi connectivity index (χ1n) is 3.72. The minimum atomic E-state index is 0.454. The Morgan fingerprint density at radius 3 is 3.20 bits per heavy atom. The third kappa shape index (κ3) is 0.637.